The number of ether oxygens (including phenoxy) is 1. The zero-order valence-corrected chi connectivity index (χ0v) is 7.54. The van der Waals surface area contributed by atoms with Crippen molar-refractivity contribution in [3.8, 4) is 6.07 Å². The summed E-state index contributed by atoms with van der Waals surface area (Å²) in [5, 5.41) is 11.1. The molecule has 1 unspecified atom stereocenters. The van der Waals surface area contributed by atoms with Crippen LogP contribution in [0.25, 0.3) is 0 Å². The van der Waals surface area contributed by atoms with E-state index in [9.17, 15) is 4.79 Å². The number of amides is 1. The van der Waals surface area contributed by atoms with Crippen LogP contribution in [-0.4, -0.2) is 19.1 Å². The third kappa shape index (κ3) is 2.79. The van der Waals surface area contributed by atoms with E-state index >= 15 is 0 Å². The average Bonchev–Trinajstić information content (AvgIpc) is 2.66. The summed E-state index contributed by atoms with van der Waals surface area (Å²) >= 11 is 0. The van der Waals surface area contributed by atoms with E-state index in [1.807, 2.05) is 6.07 Å². The van der Waals surface area contributed by atoms with Gasteiger partial charge in [0.15, 0.2) is 5.76 Å². The molecule has 1 rings (SSSR count). The van der Waals surface area contributed by atoms with Crippen molar-refractivity contribution in [3.05, 3.63) is 11.8 Å². The van der Waals surface area contributed by atoms with Crippen LogP contribution >= 0.6 is 0 Å². The Labute approximate surface area is 77.2 Å². The van der Waals surface area contributed by atoms with Gasteiger partial charge in [-0.2, -0.15) is 5.26 Å². The Hall–Kier alpha value is -1.50. The van der Waals surface area contributed by atoms with Crippen LogP contribution < -0.4 is 5.32 Å². The van der Waals surface area contributed by atoms with Gasteiger partial charge in [-0.1, -0.05) is 0 Å². The highest BCUT2D eigenvalue weighted by molar-refractivity contribution is 5.91. The molecule has 0 aromatic heterocycles. The van der Waals surface area contributed by atoms with Gasteiger partial charge in [-0.3, -0.25) is 4.79 Å². The molecule has 0 bridgehead atoms. The minimum absolute atomic E-state index is 0.161. The first kappa shape index (κ1) is 9.59. The van der Waals surface area contributed by atoms with E-state index in [0.29, 0.717) is 18.9 Å². The Bertz CT molecular complexity index is 265. The van der Waals surface area contributed by atoms with Crippen LogP contribution in [0.15, 0.2) is 11.8 Å². The van der Waals surface area contributed by atoms with Gasteiger partial charge in [-0.15, -0.1) is 0 Å². The normalized spacial score (nSPS) is 16.8. The van der Waals surface area contributed by atoms with Gasteiger partial charge in [0, 0.05) is 13.0 Å². The van der Waals surface area contributed by atoms with E-state index in [2.05, 4.69) is 5.32 Å². The lowest BCUT2D eigenvalue weighted by Gasteiger charge is -2.06. The summed E-state index contributed by atoms with van der Waals surface area (Å²) in [6, 6.07) is 2.04. The number of nitrogens with zero attached hydrogens (tertiary/aromatic N) is 1. The van der Waals surface area contributed by atoms with Crippen molar-refractivity contribution in [2.75, 3.05) is 13.2 Å². The van der Waals surface area contributed by atoms with Crippen LogP contribution in [0.1, 0.15) is 13.3 Å². The first-order valence-corrected chi connectivity index (χ1v) is 4.25. The molecule has 0 saturated heterocycles. The topological polar surface area (TPSA) is 62.1 Å². The molecule has 0 radical (unpaired) electrons. The van der Waals surface area contributed by atoms with Gasteiger partial charge in [0.05, 0.1) is 18.6 Å². The van der Waals surface area contributed by atoms with Crippen molar-refractivity contribution in [1.29, 1.82) is 5.26 Å². The van der Waals surface area contributed by atoms with Gasteiger partial charge in [-0.05, 0) is 13.0 Å². The van der Waals surface area contributed by atoms with Gasteiger partial charge < -0.3 is 10.1 Å². The molecule has 0 fully saturated rings. The highest BCUT2D eigenvalue weighted by Crippen LogP contribution is 2.08. The lowest BCUT2D eigenvalue weighted by molar-refractivity contribution is -0.120. The minimum Gasteiger partial charge on any atom is -0.488 e. The number of hydrogen-bond acceptors (Lipinski definition) is 3. The average molecular weight is 180 g/mol. The van der Waals surface area contributed by atoms with Crippen LogP contribution in [0, 0.1) is 17.2 Å². The highest BCUT2D eigenvalue weighted by Gasteiger charge is 2.14. The monoisotopic (exact) mass is 180 g/mol. The lowest BCUT2D eigenvalue weighted by Crippen LogP contribution is -2.29. The predicted octanol–water partition coefficient (Wildman–Crippen LogP) is 0.566. The van der Waals surface area contributed by atoms with Gasteiger partial charge in [-0.25, -0.2) is 0 Å². The van der Waals surface area contributed by atoms with Crippen LogP contribution in [0.3, 0.4) is 0 Å². The number of hydrogen-bond donors (Lipinski definition) is 1. The molecule has 0 aromatic rings. The summed E-state index contributed by atoms with van der Waals surface area (Å²) in [6.07, 6.45) is 2.54. The largest absolute Gasteiger partial charge is 0.488 e. The SMILES string of the molecule is CC(C#N)CNC(=O)C1=CCCO1. The number of nitrogens with one attached hydrogen (secondary N) is 1. The molecule has 13 heavy (non-hydrogen) atoms. The maximum atomic E-state index is 11.3. The molecule has 1 aliphatic rings. The van der Waals surface area contributed by atoms with Crippen molar-refractivity contribution in [1.82, 2.24) is 5.32 Å². The van der Waals surface area contributed by atoms with Crippen LogP contribution in [0.4, 0.5) is 0 Å². The fraction of sp³-hybridized carbons (Fsp3) is 0.556. The third-order valence-corrected chi connectivity index (χ3v) is 1.72. The first-order valence-electron chi connectivity index (χ1n) is 4.25. The van der Waals surface area contributed by atoms with Gasteiger partial charge in [0.2, 0.25) is 0 Å². The van der Waals surface area contributed by atoms with Crippen molar-refractivity contribution >= 4 is 5.91 Å². The molecule has 0 saturated carbocycles. The van der Waals surface area contributed by atoms with Crippen LogP contribution in [0.2, 0.25) is 0 Å². The highest BCUT2D eigenvalue weighted by atomic mass is 16.5. The molecule has 1 aliphatic heterocycles. The summed E-state index contributed by atoms with van der Waals surface area (Å²) in [5.41, 5.74) is 0. The molecule has 1 amide bonds. The van der Waals surface area contributed by atoms with E-state index in [1.165, 1.54) is 0 Å². The molecule has 4 heteroatoms. The summed E-state index contributed by atoms with van der Waals surface area (Å²) in [7, 11) is 0. The van der Waals surface area contributed by atoms with Crippen molar-refractivity contribution in [2.45, 2.75) is 13.3 Å². The fourth-order valence-corrected chi connectivity index (χ4v) is 0.955. The Morgan fingerprint density at radius 1 is 1.92 bits per heavy atom. The van der Waals surface area contributed by atoms with E-state index in [0.717, 1.165) is 6.42 Å². The predicted molar refractivity (Wildman–Crippen MR) is 46.4 cm³/mol. The summed E-state index contributed by atoms with van der Waals surface area (Å²) in [4.78, 5) is 11.3. The molecule has 1 N–H and O–H groups in total. The second kappa shape index (κ2) is 4.51. The zero-order valence-electron chi connectivity index (χ0n) is 7.54. The van der Waals surface area contributed by atoms with Crippen molar-refractivity contribution in [3.63, 3.8) is 0 Å². The second-order valence-corrected chi connectivity index (χ2v) is 2.95. The molecule has 1 heterocycles. The molecular weight excluding hydrogens is 168 g/mol. The maximum absolute atomic E-state index is 11.3. The number of rotatable bonds is 3. The number of carbonyl (C=O) groups excluding carboxylic acids is 1. The molecule has 0 spiro atoms. The third-order valence-electron chi connectivity index (χ3n) is 1.72. The van der Waals surface area contributed by atoms with Gasteiger partial charge >= 0.3 is 0 Å². The minimum atomic E-state index is -0.223. The first-order chi connectivity index (χ1) is 6.24. The van der Waals surface area contributed by atoms with Gasteiger partial charge in [0.1, 0.15) is 0 Å². The Kier molecular flexibility index (Phi) is 3.32. The quantitative estimate of drug-likeness (QED) is 0.690. The van der Waals surface area contributed by atoms with Crippen LogP contribution in [0.5, 0.6) is 0 Å². The molecule has 4 nitrogen and oxygen atoms in total. The number of nitriles is 1. The summed E-state index contributed by atoms with van der Waals surface area (Å²) < 4.78 is 5.05. The Morgan fingerprint density at radius 2 is 2.69 bits per heavy atom. The molecule has 0 aliphatic carbocycles. The number of carbonyl (C=O) groups is 1. The fourth-order valence-electron chi connectivity index (χ4n) is 0.955. The van der Waals surface area contributed by atoms with Crippen LogP contribution in [-0.2, 0) is 9.53 Å². The zero-order chi connectivity index (χ0) is 9.68. The molecule has 0 aromatic carbocycles. The summed E-state index contributed by atoms with van der Waals surface area (Å²) in [5.74, 6) is -0.00399. The standard InChI is InChI=1S/C9H12N2O2/c1-7(5-10)6-11-9(12)8-3-2-4-13-8/h3,7H,2,4,6H2,1H3,(H,11,12). The molecule has 70 valence electrons. The van der Waals surface area contributed by atoms with E-state index in [-0.39, 0.29) is 11.8 Å². The van der Waals surface area contributed by atoms with E-state index in [4.69, 9.17) is 10.00 Å². The summed E-state index contributed by atoms with van der Waals surface area (Å²) in [6.45, 7) is 2.71. The van der Waals surface area contributed by atoms with E-state index in [1.54, 1.807) is 13.0 Å². The van der Waals surface area contributed by atoms with Gasteiger partial charge in [0.25, 0.3) is 5.91 Å². The maximum Gasteiger partial charge on any atom is 0.286 e. The molecule has 1 atom stereocenters. The second-order valence-electron chi connectivity index (χ2n) is 2.95. The van der Waals surface area contributed by atoms with Crippen molar-refractivity contribution in [2.24, 2.45) is 5.92 Å². The Balaban J connectivity index is 2.30. The smallest absolute Gasteiger partial charge is 0.286 e. The van der Waals surface area contributed by atoms with Crippen molar-refractivity contribution < 1.29 is 9.53 Å². The van der Waals surface area contributed by atoms with E-state index < -0.39 is 0 Å². The molecular formula is C9H12N2O2. The Morgan fingerprint density at radius 3 is 3.23 bits per heavy atom. The lowest BCUT2D eigenvalue weighted by atomic mass is 10.2.